The first-order valence-corrected chi connectivity index (χ1v) is 13.9. The lowest BCUT2D eigenvalue weighted by atomic mass is 10.1. The predicted octanol–water partition coefficient (Wildman–Crippen LogP) is 4.02. The molecule has 0 aliphatic rings. The van der Waals surface area contributed by atoms with E-state index >= 15 is 0 Å². The van der Waals surface area contributed by atoms with Crippen LogP contribution in [0.25, 0.3) is 0 Å². The number of carbonyl (C=O) groups excluding carboxylic acids is 2. The molecule has 0 saturated carbocycles. The van der Waals surface area contributed by atoms with Crippen LogP contribution in [-0.4, -0.2) is 59.0 Å². The summed E-state index contributed by atoms with van der Waals surface area (Å²) in [5, 5.41) is 2.81. The summed E-state index contributed by atoms with van der Waals surface area (Å²) in [4.78, 5) is 27.8. The summed E-state index contributed by atoms with van der Waals surface area (Å²) in [6, 6.07) is 17.0. The second kappa shape index (κ2) is 12.9. The molecule has 0 radical (unpaired) electrons. The van der Waals surface area contributed by atoms with Crippen molar-refractivity contribution >= 4 is 39.1 Å². The normalized spacial score (nSPS) is 11.8. The van der Waals surface area contributed by atoms with E-state index in [1.54, 1.807) is 56.5 Å². The molecule has 0 aliphatic carbocycles. The first-order chi connectivity index (χ1) is 18.5. The van der Waals surface area contributed by atoms with Crippen LogP contribution in [0, 0.1) is 6.92 Å². The molecular weight excluding hydrogens is 542 g/mol. The van der Waals surface area contributed by atoms with Gasteiger partial charge in [0.25, 0.3) is 10.0 Å². The van der Waals surface area contributed by atoms with Crippen molar-refractivity contribution in [3.05, 3.63) is 82.9 Å². The second-order valence-corrected chi connectivity index (χ2v) is 11.1. The van der Waals surface area contributed by atoms with Crippen LogP contribution >= 0.6 is 11.6 Å². The van der Waals surface area contributed by atoms with Crippen molar-refractivity contribution in [2.24, 2.45) is 0 Å². The molecule has 0 unspecified atom stereocenters. The number of hydrogen-bond acceptors (Lipinski definition) is 6. The molecular formula is C28H32ClN3O6S. The van der Waals surface area contributed by atoms with Gasteiger partial charge in [0.1, 0.15) is 24.1 Å². The van der Waals surface area contributed by atoms with Gasteiger partial charge in [-0.1, -0.05) is 41.4 Å². The molecule has 0 bridgehead atoms. The van der Waals surface area contributed by atoms with Crippen LogP contribution in [0.5, 0.6) is 11.5 Å². The molecule has 208 valence electrons. The van der Waals surface area contributed by atoms with Crippen molar-refractivity contribution in [1.29, 1.82) is 0 Å². The van der Waals surface area contributed by atoms with Crippen molar-refractivity contribution in [2.45, 2.75) is 31.3 Å². The highest BCUT2D eigenvalue weighted by Gasteiger charge is 2.33. The maximum atomic E-state index is 13.9. The highest BCUT2D eigenvalue weighted by Crippen LogP contribution is 2.35. The van der Waals surface area contributed by atoms with E-state index in [0.29, 0.717) is 5.75 Å². The third-order valence-electron chi connectivity index (χ3n) is 6.22. The summed E-state index contributed by atoms with van der Waals surface area (Å²) >= 11 is 6.24. The number of methoxy groups -OCH3 is 2. The van der Waals surface area contributed by atoms with Crippen LogP contribution in [0.15, 0.2) is 71.6 Å². The molecule has 0 spiro atoms. The van der Waals surface area contributed by atoms with Crippen LogP contribution in [0.2, 0.25) is 5.02 Å². The Hall–Kier alpha value is -3.76. The minimum absolute atomic E-state index is 0.0102. The van der Waals surface area contributed by atoms with Crippen LogP contribution in [0.4, 0.5) is 5.69 Å². The summed E-state index contributed by atoms with van der Waals surface area (Å²) < 4.78 is 39.5. The molecule has 3 aromatic rings. The number of halogens is 1. The van der Waals surface area contributed by atoms with Crippen LogP contribution in [0.3, 0.4) is 0 Å². The molecule has 2 amide bonds. The molecule has 9 nitrogen and oxygen atoms in total. The lowest BCUT2D eigenvalue weighted by Crippen LogP contribution is -2.50. The van der Waals surface area contributed by atoms with E-state index in [1.807, 2.05) is 6.92 Å². The Kier molecular flexibility index (Phi) is 9.82. The second-order valence-electron chi connectivity index (χ2n) is 8.80. The van der Waals surface area contributed by atoms with Gasteiger partial charge >= 0.3 is 0 Å². The van der Waals surface area contributed by atoms with E-state index in [4.69, 9.17) is 21.1 Å². The smallest absolute Gasteiger partial charge is 0.264 e. The van der Waals surface area contributed by atoms with Crippen molar-refractivity contribution in [2.75, 3.05) is 32.1 Å². The van der Waals surface area contributed by atoms with Gasteiger partial charge in [0.05, 0.1) is 24.8 Å². The topological polar surface area (TPSA) is 105 Å². The maximum Gasteiger partial charge on any atom is 0.264 e. The quantitative estimate of drug-likeness (QED) is 0.371. The molecule has 0 aliphatic heterocycles. The zero-order valence-corrected chi connectivity index (χ0v) is 24.0. The predicted molar refractivity (Wildman–Crippen MR) is 151 cm³/mol. The highest BCUT2D eigenvalue weighted by atomic mass is 35.5. The van der Waals surface area contributed by atoms with Gasteiger partial charge in [-0.3, -0.25) is 13.9 Å². The van der Waals surface area contributed by atoms with E-state index in [0.717, 1.165) is 15.4 Å². The van der Waals surface area contributed by atoms with E-state index in [-0.39, 0.29) is 27.9 Å². The third-order valence-corrected chi connectivity index (χ3v) is 8.23. The lowest BCUT2D eigenvalue weighted by molar-refractivity contribution is -0.139. The lowest BCUT2D eigenvalue weighted by Gasteiger charge is -2.32. The SMILES string of the molecule is CNC(=O)[C@@H](C)N(Cc1ccc(OC)cc1)C(=O)CN(c1cc(Cl)ccc1OC)S(=O)(=O)c1ccc(C)cc1. The molecule has 0 fully saturated rings. The Morgan fingerprint density at radius 3 is 2.18 bits per heavy atom. The van der Waals surface area contributed by atoms with E-state index in [2.05, 4.69) is 5.32 Å². The minimum atomic E-state index is -4.25. The Morgan fingerprint density at radius 2 is 1.62 bits per heavy atom. The number of benzene rings is 3. The number of hydrogen-bond donors (Lipinski definition) is 1. The number of carbonyl (C=O) groups is 2. The first-order valence-electron chi connectivity index (χ1n) is 12.1. The molecule has 0 heterocycles. The number of ether oxygens (including phenoxy) is 2. The Labute approximate surface area is 234 Å². The average molecular weight is 574 g/mol. The summed E-state index contributed by atoms with van der Waals surface area (Å²) in [7, 11) is 0.165. The first kappa shape index (κ1) is 29.8. The Bertz CT molecular complexity index is 1410. The third kappa shape index (κ3) is 7.01. The summed E-state index contributed by atoms with van der Waals surface area (Å²) in [6.45, 7) is 2.88. The number of sulfonamides is 1. The summed E-state index contributed by atoms with van der Waals surface area (Å²) in [6.07, 6.45) is 0. The van der Waals surface area contributed by atoms with Gasteiger partial charge < -0.3 is 19.7 Å². The van der Waals surface area contributed by atoms with E-state index < -0.39 is 34.4 Å². The molecule has 1 atom stereocenters. The van der Waals surface area contributed by atoms with Crippen molar-refractivity contribution in [3.8, 4) is 11.5 Å². The van der Waals surface area contributed by atoms with Gasteiger partial charge in [-0.15, -0.1) is 0 Å². The number of aryl methyl sites for hydroxylation is 1. The number of nitrogens with one attached hydrogen (secondary N) is 1. The molecule has 3 aromatic carbocycles. The Morgan fingerprint density at radius 1 is 0.974 bits per heavy atom. The fourth-order valence-electron chi connectivity index (χ4n) is 3.93. The number of anilines is 1. The monoisotopic (exact) mass is 573 g/mol. The summed E-state index contributed by atoms with van der Waals surface area (Å²) in [5.41, 5.74) is 1.70. The van der Waals surface area contributed by atoms with Gasteiger partial charge in [-0.05, 0) is 61.9 Å². The fraction of sp³-hybridized carbons (Fsp3) is 0.286. The fourth-order valence-corrected chi connectivity index (χ4v) is 5.51. The molecule has 39 heavy (non-hydrogen) atoms. The Balaban J connectivity index is 2.09. The van der Waals surface area contributed by atoms with Crippen molar-refractivity contribution in [1.82, 2.24) is 10.2 Å². The molecule has 0 aromatic heterocycles. The zero-order chi connectivity index (χ0) is 28.7. The van der Waals surface area contributed by atoms with Crippen molar-refractivity contribution < 1.29 is 27.5 Å². The largest absolute Gasteiger partial charge is 0.497 e. The van der Waals surface area contributed by atoms with Gasteiger partial charge in [-0.2, -0.15) is 0 Å². The number of nitrogens with zero attached hydrogens (tertiary/aromatic N) is 2. The van der Waals surface area contributed by atoms with Gasteiger partial charge in [0, 0.05) is 18.6 Å². The van der Waals surface area contributed by atoms with Crippen LogP contribution in [0.1, 0.15) is 18.1 Å². The zero-order valence-electron chi connectivity index (χ0n) is 22.5. The van der Waals surface area contributed by atoms with Gasteiger partial charge in [0.2, 0.25) is 11.8 Å². The van der Waals surface area contributed by atoms with Crippen LogP contribution < -0.4 is 19.1 Å². The molecule has 3 rings (SSSR count). The molecule has 0 saturated heterocycles. The minimum Gasteiger partial charge on any atom is -0.497 e. The number of rotatable bonds is 11. The highest BCUT2D eigenvalue weighted by molar-refractivity contribution is 7.92. The number of likely N-dealkylation sites (N-methyl/N-ethyl adjacent to an activating group) is 1. The van der Waals surface area contributed by atoms with E-state index in [1.165, 1.54) is 43.3 Å². The average Bonchev–Trinajstić information content (AvgIpc) is 2.94. The summed E-state index contributed by atoms with van der Waals surface area (Å²) in [5.74, 6) is -0.145. The maximum absolute atomic E-state index is 13.9. The van der Waals surface area contributed by atoms with Gasteiger partial charge in [0.15, 0.2) is 0 Å². The standard InChI is InChI=1S/C28H32ClN3O6S/c1-19-6-13-24(14-7-19)39(35,36)32(25-16-22(29)10-15-26(25)38-5)18-27(33)31(20(2)28(34)30-3)17-21-8-11-23(37-4)12-9-21/h6-16,20H,17-18H2,1-5H3,(H,30,34)/t20-/m1/s1. The molecule has 1 N–H and O–H groups in total. The van der Waals surface area contributed by atoms with E-state index in [9.17, 15) is 18.0 Å². The van der Waals surface area contributed by atoms with Crippen LogP contribution in [-0.2, 0) is 26.2 Å². The molecule has 11 heteroatoms. The number of amides is 2. The van der Waals surface area contributed by atoms with Crippen molar-refractivity contribution in [3.63, 3.8) is 0 Å². The van der Waals surface area contributed by atoms with Gasteiger partial charge in [-0.25, -0.2) is 8.42 Å².